The first kappa shape index (κ1) is 10.5. The van der Waals surface area contributed by atoms with Gasteiger partial charge < -0.3 is 16.6 Å². The van der Waals surface area contributed by atoms with E-state index in [4.69, 9.17) is 16.6 Å². The van der Waals surface area contributed by atoms with Gasteiger partial charge in [-0.3, -0.25) is 4.79 Å². The Kier molecular flexibility index (Phi) is 3.03. The highest BCUT2D eigenvalue weighted by molar-refractivity contribution is 5.74. The van der Waals surface area contributed by atoms with E-state index in [2.05, 4.69) is 0 Å². The minimum absolute atomic E-state index is 0.0267. The van der Waals surface area contributed by atoms with Gasteiger partial charge in [0.1, 0.15) is 11.9 Å². The van der Waals surface area contributed by atoms with Crippen molar-refractivity contribution < 1.29 is 14.3 Å². The average molecular weight is 198 g/mol. The summed E-state index contributed by atoms with van der Waals surface area (Å²) in [6.45, 7) is 0. The lowest BCUT2D eigenvalue weighted by Gasteiger charge is -2.09. The highest BCUT2D eigenvalue weighted by Gasteiger charge is 2.14. The van der Waals surface area contributed by atoms with Crippen molar-refractivity contribution in [2.75, 3.05) is 5.73 Å². The largest absolute Gasteiger partial charge is 0.480 e. The van der Waals surface area contributed by atoms with E-state index in [0.29, 0.717) is 5.56 Å². The number of hydrogen-bond donors (Lipinski definition) is 3. The Bertz CT molecular complexity index is 355. The van der Waals surface area contributed by atoms with Gasteiger partial charge in [0.05, 0.1) is 5.69 Å². The quantitative estimate of drug-likeness (QED) is 0.612. The number of rotatable bonds is 3. The monoisotopic (exact) mass is 198 g/mol. The van der Waals surface area contributed by atoms with Crippen molar-refractivity contribution >= 4 is 11.7 Å². The zero-order valence-electron chi connectivity index (χ0n) is 7.40. The normalized spacial score (nSPS) is 12.4. The molecule has 76 valence electrons. The van der Waals surface area contributed by atoms with Gasteiger partial charge in [-0.05, 0) is 11.6 Å². The molecule has 0 aromatic heterocycles. The van der Waals surface area contributed by atoms with Crippen LogP contribution in [0.1, 0.15) is 5.56 Å². The van der Waals surface area contributed by atoms with Crippen LogP contribution in [0.4, 0.5) is 10.1 Å². The van der Waals surface area contributed by atoms with Crippen LogP contribution in [0.25, 0.3) is 0 Å². The first-order chi connectivity index (χ1) is 6.52. The van der Waals surface area contributed by atoms with Crippen molar-refractivity contribution in [3.63, 3.8) is 0 Å². The van der Waals surface area contributed by atoms with E-state index in [-0.39, 0.29) is 12.1 Å². The van der Waals surface area contributed by atoms with Crippen LogP contribution >= 0.6 is 0 Å². The molecule has 1 rings (SSSR count). The van der Waals surface area contributed by atoms with Crippen LogP contribution in [0.5, 0.6) is 0 Å². The molecule has 0 amide bonds. The standard InChI is InChI=1S/C9H11FN2O2/c10-6-3-1-2-5(8(6)12)4-7(11)9(13)14/h1-3,7H,4,11-12H2,(H,13,14)/t7-/m1/s1. The van der Waals surface area contributed by atoms with Crippen LogP contribution in [0.3, 0.4) is 0 Å². The summed E-state index contributed by atoms with van der Waals surface area (Å²) in [4.78, 5) is 10.4. The number of anilines is 1. The lowest BCUT2D eigenvalue weighted by molar-refractivity contribution is -0.138. The molecule has 1 aromatic carbocycles. The van der Waals surface area contributed by atoms with Crippen LogP contribution in [0, 0.1) is 5.82 Å². The van der Waals surface area contributed by atoms with Crippen molar-refractivity contribution in [2.45, 2.75) is 12.5 Å². The summed E-state index contributed by atoms with van der Waals surface area (Å²) in [5.74, 6) is -1.69. The van der Waals surface area contributed by atoms with Gasteiger partial charge in [0.2, 0.25) is 0 Å². The SMILES string of the molecule is Nc1c(F)cccc1C[C@@H](N)C(=O)O. The Morgan fingerprint density at radius 3 is 2.79 bits per heavy atom. The Balaban J connectivity index is 2.87. The molecule has 0 aliphatic rings. The predicted molar refractivity (Wildman–Crippen MR) is 50.1 cm³/mol. The van der Waals surface area contributed by atoms with Gasteiger partial charge in [-0.1, -0.05) is 12.1 Å². The molecule has 0 saturated carbocycles. The number of carbonyl (C=O) groups is 1. The van der Waals surface area contributed by atoms with Crippen molar-refractivity contribution in [3.8, 4) is 0 Å². The zero-order chi connectivity index (χ0) is 10.7. The zero-order valence-corrected chi connectivity index (χ0v) is 7.40. The Morgan fingerprint density at radius 1 is 1.57 bits per heavy atom. The Hall–Kier alpha value is -1.62. The maximum Gasteiger partial charge on any atom is 0.320 e. The maximum atomic E-state index is 12.9. The molecule has 0 bridgehead atoms. The smallest absolute Gasteiger partial charge is 0.320 e. The molecular weight excluding hydrogens is 187 g/mol. The number of carboxylic acid groups (broad SMARTS) is 1. The van der Waals surface area contributed by atoms with Crippen molar-refractivity contribution in [3.05, 3.63) is 29.6 Å². The minimum atomic E-state index is -1.13. The second-order valence-electron chi connectivity index (χ2n) is 2.96. The fourth-order valence-corrected chi connectivity index (χ4v) is 1.08. The Labute approximate surface area is 80.3 Å². The third-order valence-corrected chi connectivity index (χ3v) is 1.90. The van der Waals surface area contributed by atoms with E-state index < -0.39 is 17.8 Å². The van der Waals surface area contributed by atoms with E-state index in [1.54, 1.807) is 6.07 Å². The molecule has 0 heterocycles. The van der Waals surface area contributed by atoms with Crippen LogP contribution in [0.15, 0.2) is 18.2 Å². The number of carboxylic acids is 1. The molecule has 0 spiro atoms. The van der Waals surface area contributed by atoms with E-state index in [1.165, 1.54) is 12.1 Å². The van der Waals surface area contributed by atoms with Crippen LogP contribution < -0.4 is 11.5 Å². The third kappa shape index (κ3) is 2.20. The second-order valence-corrected chi connectivity index (χ2v) is 2.96. The summed E-state index contributed by atoms with van der Waals surface area (Å²) in [6.07, 6.45) is 0.0267. The summed E-state index contributed by atoms with van der Waals surface area (Å²) in [5, 5.41) is 8.54. The molecule has 1 aromatic rings. The second kappa shape index (κ2) is 4.06. The van der Waals surface area contributed by atoms with Gasteiger partial charge in [0.25, 0.3) is 0 Å². The van der Waals surface area contributed by atoms with Gasteiger partial charge in [0, 0.05) is 6.42 Å². The van der Waals surface area contributed by atoms with Gasteiger partial charge in [-0.25, -0.2) is 4.39 Å². The molecule has 0 aliphatic heterocycles. The van der Waals surface area contributed by atoms with Gasteiger partial charge in [-0.2, -0.15) is 0 Å². The van der Waals surface area contributed by atoms with E-state index >= 15 is 0 Å². The molecule has 0 radical (unpaired) electrons. The molecular formula is C9H11FN2O2. The van der Waals surface area contributed by atoms with Crippen LogP contribution in [-0.4, -0.2) is 17.1 Å². The summed E-state index contributed by atoms with van der Waals surface area (Å²) in [5.41, 5.74) is 11.1. The molecule has 0 aliphatic carbocycles. The first-order valence-corrected chi connectivity index (χ1v) is 4.03. The molecule has 1 atom stereocenters. The minimum Gasteiger partial charge on any atom is -0.480 e. The molecule has 5 heteroatoms. The number of nitrogen functional groups attached to an aromatic ring is 1. The number of nitrogens with two attached hydrogens (primary N) is 2. The van der Waals surface area contributed by atoms with Crippen molar-refractivity contribution in [1.29, 1.82) is 0 Å². The first-order valence-electron chi connectivity index (χ1n) is 4.03. The van der Waals surface area contributed by atoms with Crippen molar-refractivity contribution in [2.24, 2.45) is 5.73 Å². The van der Waals surface area contributed by atoms with Crippen LogP contribution in [0.2, 0.25) is 0 Å². The molecule has 14 heavy (non-hydrogen) atoms. The Morgan fingerprint density at radius 2 is 2.21 bits per heavy atom. The number of para-hydroxylation sites is 1. The lowest BCUT2D eigenvalue weighted by Crippen LogP contribution is -2.32. The van der Waals surface area contributed by atoms with Crippen molar-refractivity contribution in [1.82, 2.24) is 0 Å². The third-order valence-electron chi connectivity index (χ3n) is 1.90. The number of halogens is 1. The number of aliphatic carboxylic acids is 1. The predicted octanol–water partition coefficient (Wildman–Crippen LogP) is 0.362. The molecule has 5 N–H and O–H groups in total. The molecule has 0 unspecified atom stereocenters. The molecule has 0 saturated heterocycles. The van der Waals surface area contributed by atoms with Gasteiger partial charge in [-0.15, -0.1) is 0 Å². The fourth-order valence-electron chi connectivity index (χ4n) is 1.08. The lowest BCUT2D eigenvalue weighted by atomic mass is 10.0. The van der Waals surface area contributed by atoms with Gasteiger partial charge in [0.15, 0.2) is 0 Å². The summed E-state index contributed by atoms with van der Waals surface area (Å²) in [7, 11) is 0. The number of benzene rings is 1. The highest BCUT2D eigenvalue weighted by Crippen LogP contribution is 2.16. The summed E-state index contributed by atoms with van der Waals surface area (Å²) >= 11 is 0. The topological polar surface area (TPSA) is 89.3 Å². The molecule has 0 fully saturated rings. The maximum absolute atomic E-state index is 12.9. The van der Waals surface area contributed by atoms with E-state index in [1.807, 2.05) is 0 Å². The van der Waals surface area contributed by atoms with Crippen LogP contribution in [-0.2, 0) is 11.2 Å². The highest BCUT2D eigenvalue weighted by atomic mass is 19.1. The molecule has 4 nitrogen and oxygen atoms in total. The van der Waals surface area contributed by atoms with Gasteiger partial charge >= 0.3 is 5.97 Å². The summed E-state index contributed by atoms with van der Waals surface area (Å²) < 4.78 is 12.9. The number of hydrogen-bond acceptors (Lipinski definition) is 3. The fraction of sp³-hybridized carbons (Fsp3) is 0.222. The summed E-state index contributed by atoms with van der Waals surface area (Å²) in [6, 6.07) is 3.18. The van der Waals surface area contributed by atoms with E-state index in [0.717, 1.165) is 0 Å². The average Bonchev–Trinajstić information content (AvgIpc) is 2.12. The van der Waals surface area contributed by atoms with E-state index in [9.17, 15) is 9.18 Å².